The molecule has 0 aliphatic rings. The summed E-state index contributed by atoms with van der Waals surface area (Å²) in [5, 5.41) is 11.4. The summed E-state index contributed by atoms with van der Waals surface area (Å²) < 4.78 is 59.2. The van der Waals surface area contributed by atoms with Crippen molar-refractivity contribution in [3.8, 4) is 17.6 Å². The minimum Gasteiger partial charge on any atom is -0.451 e. The number of amides is 1. The number of nitrogens with zero attached hydrogens (tertiary/aromatic N) is 2. The number of benzene rings is 2. The lowest BCUT2D eigenvalue weighted by Crippen LogP contribution is -2.29. The summed E-state index contributed by atoms with van der Waals surface area (Å²) in [4.78, 5) is 24.9. The van der Waals surface area contributed by atoms with Gasteiger partial charge in [0.15, 0.2) is 0 Å². The predicted molar refractivity (Wildman–Crippen MR) is 107 cm³/mol. The van der Waals surface area contributed by atoms with Gasteiger partial charge < -0.3 is 14.6 Å². The molecule has 32 heavy (non-hydrogen) atoms. The van der Waals surface area contributed by atoms with Gasteiger partial charge in [-0.3, -0.25) is 9.59 Å². The van der Waals surface area contributed by atoms with Crippen LogP contribution in [0.1, 0.15) is 11.1 Å². The van der Waals surface area contributed by atoms with Crippen LogP contribution in [0, 0.1) is 17.1 Å². The number of carbonyl (C=O) groups is 1. The first kappa shape index (κ1) is 22.8. The molecule has 1 amide bonds. The van der Waals surface area contributed by atoms with E-state index in [-0.39, 0.29) is 22.0 Å². The maximum atomic E-state index is 13.5. The van der Waals surface area contributed by atoms with E-state index in [1.165, 1.54) is 18.2 Å². The molecule has 2 aromatic carbocycles. The SMILES string of the molecule is N#Cc1cc(Cl)cc(Oc2c(C(F)(F)F)ccn(CC(=O)Nc3ccc(F)cc3)c2=O)c1. The Bertz CT molecular complexity index is 1270. The number of rotatable bonds is 5. The molecular formula is C21H12ClF4N3O3. The molecule has 0 aliphatic carbocycles. The number of anilines is 1. The molecule has 0 spiro atoms. The Morgan fingerprint density at radius 2 is 1.84 bits per heavy atom. The predicted octanol–water partition coefficient (Wildman–Crippen LogP) is 4.96. The zero-order valence-electron chi connectivity index (χ0n) is 15.9. The van der Waals surface area contributed by atoms with Crippen molar-refractivity contribution in [2.75, 3.05) is 5.32 Å². The van der Waals surface area contributed by atoms with Crippen molar-refractivity contribution in [3.63, 3.8) is 0 Å². The molecule has 0 fully saturated rings. The molecule has 164 valence electrons. The van der Waals surface area contributed by atoms with Crippen LogP contribution in [0.25, 0.3) is 0 Å². The maximum Gasteiger partial charge on any atom is 0.420 e. The van der Waals surface area contributed by atoms with E-state index in [9.17, 15) is 27.2 Å². The largest absolute Gasteiger partial charge is 0.451 e. The number of halogens is 5. The van der Waals surface area contributed by atoms with E-state index in [1.807, 2.05) is 0 Å². The molecule has 0 radical (unpaired) electrons. The third kappa shape index (κ3) is 5.44. The first-order valence-corrected chi connectivity index (χ1v) is 9.19. The van der Waals surface area contributed by atoms with E-state index in [1.54, 1.807) is 6.07 Å². The highest BCUT2D eigenvalue weighted by molar-refractivity contribution is 6.30. The van der Waals surface area contributed by atoms with E-state index in [4.69, 9.17) is 21.6 Å². The third-order valence-electron chi connectivity index (χ3n) is 4.09. The van der Waals surface area contributed by atoms with E-state index >= 15 is 0 Å². The summed E-state index contributed by atoms with van der Waals surface area (Å²) in [6.45, 7) is -0.635. The molecule has 11 heteroatoms. The van der Waals surface area contributed by atoms with Gasteiger partial charge in [0.05, 0.1) is 11.6 Å². The first-order chi connectivity index (χ1) is 15.1. The highest BCUT2D eigenvalue weighted by Crippen LogP contribution is 2.36. The van der Waals surface area contributed by atoms with E-state index in [0.29, 0.717) is 6.07 Å². The lowest BCUT2D eigenvalue weighted by Gasteiger charge is -2.16. The second-order valence-electron chi connectivity index (χ2n) is 6.43. The second kappa shape index (κ2) is 9.11. The quantitative estimate of drug-likeness (QED) is 0.540. The number of nitrogens with one attached hydrogen (secondary N) is 1. The fourth-order valence-corrected chi connectivity index (χ4v) is 2.92. The number of alkyl halides is 3. The molecule has 6 nitrogen and oxygen atoms in total. The third-order valence-corrected chi connectivity index (χ3v) is 4.31. The minimum absolute atomic E-state index is 0.0102. The van der Waals surface area contributed by atoms with Gasteiger partial charge >= 0.3 is 6.18 Å². The Hall–Kier alpha value is -3.84. The van der Waals surface area contributed by atoms with Gasteiger partial charge in [-0.2, -0.15) is 18.4 Å². The van der Waals surface area contributed by atoms with Crippen LogP contribution in [0.2, 0.25) is 5.02 Å². The van der Waals surface area contributed by atoms with Crippen LogP contribution in [0.4, 0.5) is 23.2 Å². The fourth-order valence-electron chi connectivity index (χ4n) is 2.69. The summed E-state index contributed by atoms with van der Waals surface area (Å²) in [5.41, 5.74) is -2.35. The Balaban J connectivity index is 1.95. The van der Waals surface area contributed by atoms with Gasteiger partial charge in [-0.15, -0.1) is 0 Å². The normalized spacial score (nSPS) is 11.0. The molecule has 0 unspecified atom stereocenters. The molecule has 3 rings (SSSR count). The number of hydrogen-bond acceptors (Lipinski definition) is 4. The van der Waals surface area contributed by atoms with E-state index in [2.05, 4.69) is 5.32 Å². The molecule has 1 heterocycles. The van der Waals surface area contributed by atoms with E-state index in [0.717, 1.165) is 35.0 Å². The van der Waals surface area contributed by atoms with Gasteiger partial charge in [0, 0.05) is 16.9 Å². The molecule has 0 saturated carbocycles. The van der Waals surface area contributed by atoms with Crippen LogP contribution in [-0.4, -0.2) is 10.5 Å². The van der Waals surface area contributed by atoms with Crippen LogP contribution >= 0.6 is 11.6 Å². The number of aromatic nitrogens is 1. The van der Waals surface area contributed by atoms with Gasteiger partial charge in [0.25, 0.3) is 5.56 Å². The molecular weight excluding hydrogens is 454 g/mol. The minimum atomic E-state index is -4.93. The van der Waals surface area contributed by atoms with Gasteiger partial charge in [-0.05, 0) is 48.5 Å². The first-order valence-electron chi connectivity index (χ1n) is 8.81. The van der Waals surface area contributed by atoms with Crippen molar-refractivity contribution in [2.24, 2.45) is 0 Å². The number of pyridine rings is 1. The summed E-state index contributed by atoms with van der Waals surface area (Å²) in [6, 6.07) is 10.7. The fraction of sp³-hybridized carbons (Fsp3) is 0.0952. The van der Waals surface area contributed by atoms with Crippen LogP contribution in [0.5, 0.6) is 11.5 Å². The monoisotopic (exact) mass is 465 g/mol. The molecule has 0 aliphatic heterocycles. The standard InChI is InChI=1S/C21H12ClF4N3O3/c22-13-7-12(10-27)8-16(9-13)32-19-17(21(24,25)26)5-6-29(20(19)31)11-18(30)28-15-3-1-14(23)2-4-15/h1-9H,11H2,(H,28,30). The van der Waals surface area contributed by atoms with Gasteiger partial charge in [-0.25, -0.2) is 4.39 Å². The summed E-state index contributed by atoms with van der Waals surface area (Å²) in [7, 11) is 0. The van der Waals surface area contributed by atoms with Crippen molar-refractivity contribution < 1.29 is 27.1 Å². The number of carbonyl (C=O) groups excluding carboxylic acids is 1. The Kier molecular flexibility index (Phi) is 6.50. The van der Waals surface area contributed by atoms with Crippen molar-refractivity contribution in [2.45, 2.75) is 12.7 Å². The Morgan fingerprint density at radius 3 is 2.47 bits per heavy atom. The number of nitriles is 1. The smallest absolute Gasteiger partial charge is 0.420 e. The lowest BCUT2D eigenvalue weighted by molar-refractivity contribution is -0.138. The number of hydrogen-bond donors (Lipinski definition) is 1. The van der Waals surface area contributed by atoms with Crippen LogP contribution in [0.3, 0.4) is 0 Å². The molecule has 0 saturated heterocycles. The molecule has 1 aromatic heterocycles. The van der Waals surface area contributed by atoms with Crippen molar-refractivity contribution in [3.05, 3.63) is 87.0 Å². The molecule has 0 atom stereocenters. The van der Waals surface area contributed by atoms with Crippen LogP contribution in [0.15, 0.2) is 59.5 Å². The Morgan fingerprint density at radius 1 is 1.16 bits per heavy atom. The molecule has 1 N–H and O–H groups in total. The highest BCUT2D eigenvalue weighted by atomic mass is 35.5. The average molecular weight is 466 g/mol. The number of ether oxygens (including phenoxy) is 1. The van der Waals surface area contributed by atoms with E-state index < -0.39 is 41.3 Å². The van der Waals surface area contributed by atoms with Gasteiger partial charge in [0.2, 0.25) is 11.7 Å². The highest BCUT2D eigenvalue weighted by Gasteiger charge is 2.36. The van der Waals surface area contributed by atoms with Crippen LogP contribution < -0.4 is 15.6 Å². The molecule has 3 aromatic rings. The van der Waals surface area contributed by atoms with Crippen LogP contribution in [-0.2, 0) is 17.5 Å². The summed E-state index contributed by atoms with van der Waals surface area (Å²) >= 11 is 5.84. The summed E-state index contributed by atoms with van der Waals surface area (Å²) in [6.07, 6.45) is -4.12. The lowest BCUT2D eigenvalue weighted by atomic mass is 10.2. The van der Waals surface area contributed by atoms with Gasteiger partial charge in [-0.1, -0.05) is 11.6 Å². The average Bonchev–Trinajstić information content (AvgIpc) is 2.71. The zero-order chi connectivity index (χ0) is 23.5. The zero-order valence-corrected chi connectivity index (χ0v) is 16.7. The Labute approximate surface area is 183 Å². The van der Waals surface area contributed by atoms with Crippen molar-refractivity contribution in [1.29, 1.82) is 5.26 Å². The van der Waals surface area contributed by atoms with Crippen molar-refractivity contribution >= 4 is 23.2 Å². The topological polar surface area (TPSA) is 84.1 Å². The molecule has 0 bridgehead atoms. The summed E-state index contributed by atoms with van der Waals surface area (Å²) in [5.74, 6) is -2.60. The second-order valence-corrected chi connectivity index (χ2v) is 6.87. The maximum absolute atomic E-state index is 13.5. The van der Waals surface area contributed by atoms with Gasteiger partial charge in [0.1, 0.15) is 23.7 Å². The van der Waals surface area contributed by atoms with Crippen molar-refractivity contribution in [1.82, 2.24) is 4.57 Å².